The number of methoxy groups -OCH3 is 1. The third kappa shape index (κ3) is 7.31. The Labute approximate surface area is 117 Å². The molecule has 0 aliphatic rings. The number of ether oxygens (including phenoxy) is 2. The van der Waals surface area contributed by atoms with E-state index in [2.05, 4.69) is 43.4 Å². The second-order valence-corrected chi connectivity index (χ2v) is 5.17. The Morgan fingerprint density at radius 2 is 1.79 bits per heavy atom. The van der Waals surface area contributed by atoms with Gasteiger partial charge in [-0.2, -0.15) is 0 Å². The second kappa shape index (κ2) is 9.96. The molecule has 1 atom stereocenters. The topological polar surface area (TPSA) is 30.5 Å². The van der Waals surface area contributed by atoms with Crippen molar-refractivity contribution in [3.8, 4) is 0 Å². The van der Waals surface area contributed by atoms with E-state index in [1.54, 1.807) is 7.11 Å². The quantitative estimate of drug-likeness (QED) is 0.660. The van der Waals surface area contributed by atoms with Crippen LogP contribution in [0, 0.1) is 5.92 Å². The predicted molar refractivity (Wildman–Crippen MR) is 79.3 cm³/mol. The average Bonchev–Trinajstić information content (AvgIpc) is 2.42. The van der Waals surface area contributed by atoms with Crippen LogP contribution in [0.3, 0.4) is 0 Å². The van der Waals surface area contributed by atoms with Crippen LogP contribution in [0.2, 0.25) is 0 Å². The van der Waals surface area contributed by atoms with E-state index in [4.69, 9.17) is 9.47 Å². The number of hydrogen-bond acceptors (Lipinski definition) is 3. The van der Waals surface area contributed by atoms with Crippen LogP contribution in [0.25, 0.3) is 0 Å². The van der Waals surface area contributed by atoms with E-state index in [1.807, 2.05) is 6.07 Å². The molecule has 0 bridgehead atoms. The molecular formula is C16H27NO2. The standard InChI is InChI=1S/C16H27NO2/c1-14(2)12-17-13-16(19-11-7-10-18-3)15-8-5-4-6-9-15/h4-6,8-9,14,16-17H,7,10-13H2,1-3H3. The highest BCUT2D eigenvalue weighted by Crippen LogP contribution is 2.16. The molecule has 1 rings (SSSR count). The summed E-state index contributed by atoms with van der Waals surface area (Å²) in [6, 6.07) is 10.4. The van der Waals surface area contributed by atoms with Crippen LogP contribution in [0.4, 0.5) is 0 Å². The molecule has 1 unspecified atom stereocenters. The maximum absolute atomic E-state index is 5.97. The Morgan fingerprint density at radius 1 is 1.05 bits per heavy atom. The minimum atomic E-state index is 0.122. The summed E-state index contributed by atoms with van der Waals surface area (Å²) in [6.45, 7) is 7.78. The number of rotatable bonds is 10. The lowest BCUT2D eigenvalue weighted by atomic mass is 10.1. The fourth-order valence-corrected chi connectivity index (χ4v) is 1.87. The van der Waals surface area contributed by atoms with Crippen molar-refractivity contribution in [3.63, 3.8) is 0 Å². The summed E-state index contributed by atoms with van der Waals surface area (Å²) in [5.74, 6) is 0.657. The summed E-state index contributed by atoms with van der Waals surface area (Å²) in [6.07, 6.45) is 1.06. The van der Waals surface area contributed by atoms with Crippen LogP contribution in [-0.2, 0) is 9.47 Å². The fraction of sp³-hybridized carbons (Fsp3) is 0.625. The molecule has 108 valence electrons. The van der Waals surface area contributed by atoms with Crippen LogP contribution < -0.4 is 5.32 Å². The van der Waals surface area contributed by atoms with E-state index in [0.29, 0.717) is 5.92 Å². The van der Waals surface area contributed by atoms with Crippen molar-refractivity contribution in [3.05, 3.63) is 35.9 Å². The molecule has 0 heterocycles. The van der Waals surface area contributed by atoms with Gasteiger partial charge in [-0.25, -0.2) is 0 Å². The van der Waals surface area contributed by atoms with Crippen LogP contribution in [0.1, 0.15) is 31.9 Å². The smallest absolute Gasteiger partial charge is 0.0949 e. The molecular weight excluding hydrogens is 238 g/mol. The molecule has 1 N–H and O–H groups in total. The molecule has 0 aromatic heterocycles. The van der Waals surface area contributed by atoms with E-state index in [0.717, 1.165) is 32.7 Å². The van der Waals surface area contributed by atoms with Crippen molar-refractivity contribution >= 4 is 0 Å². The Hall–Kier alpha value is -0.900. The van der Waals surface area contributed by atoms with Crippen LogP contribution in [0.5, 0.6) is 0 Å². The maximum atomic E-state index is 5.97. The molecule has 0 fully saturated rings. The van der Waals surface area contributed by atoms with Crippen molar-refractivity contribution in [2.45, 2.75) is 26.4 Å². The van der Waals surface area contributed by atoms with Crippen molar-refractivity contribution in [2.24, 2.45) is 5.92 Å². The lowest BCUT2D eigenvalue weighted by molar-refractivity contribution is 0.0385. The zero-order chi connectivity index (χ0) is 13.9. The Kier molecular flexibility index (Phi) is 8.47. The fourth-order valence-electron chi connectivity index (χ4n) is 1.87. The van der Waals surface area contributed by atoms with Gasteiger partial charge < -0.3 is 14.8 Å². The van der Waals surface area contributed by atoms with Crippen LogP contribution >= 0.6 is 0 Å². The predicted octanol–water partition coefficient (Wildman–Crippen LogP) is 3.03. The average molecular weight is 265 g/mol. The van der Waals surface area contributed by atoms with Crippen molar-refractivity contribution in [1.82, 2.24) is 5.32 Å². The van der Waals surface area contributed by atoms with Crippen molar-refractivity contribution < 1.29 is 9.47 Å². The molecule has 0 amide bonds. The molecule has 0 saturated heterocycles. The van der Waals surface area contributed by atoms with Gasteiger partial charge in [0, 0.05) is 26.9 Å². The molecule has 0 aliphatic carbocycles. The number of benzene rings is 1. The molecule has 1 aromatic carbocycles. The first-order chi connectivity index (χ1) is 9.24. The van der Waals surface area contributed by atoms with Gasteiger partial charge in [0.1, 0.15) is 0 Å². The van der Waals surface area contributed by atoms with E-state index >= 15 is 0 Å². The second-order valence-electron chi connectivity index (χ2n) is 5.17. The highest BCUT2D eigenvalue weighted by atomic mass is 16.5. The summed E-state index contributed by atoms with van der Waals surface area (Å²) >= 11 is 0. The van der Waals surface area contributed by atoms with Crippen molar-refractivity contribution in [2.75, 3.05) is 33.4 Å². The van der Waals surface area contributed by atoms with Gasteiger partial charge in [0.2, 0.25) is 0 Å². The molecule has 3 nitrogen and oxygen atoms in total. The molecule has 0 aliphatic heterocycles. The van der Waals surface area contributed by atoms with Gasteiger partial charge in [-0.05, 0) is 24.4 Å². The van der Waals surface area contributed by atoms with Gasteiger partial charge in [-0.1, -0.05) is 44.2 Å². The lowest BCUT2D eigenvalue weighted by Gasteiger charge is -2.19. The minimum Gasteiger partial charge on any atom is -0.385 e. The number of nitrogens with one attached hydrogen (secondary N) is 1. The summed E-state index contributed by atoms with van der Waals surface area (Å²) < 4.78 is 11.0. The maximum Gasteiger partial charge on any atom is 0.0949 e. The molecule has 0 saturated carbocycles. The summed E-state index contributed by atoms with van der Waals surface area (Å²) in [7, 11) is 1.72. The minimum absolute atomic E-state index is 0.122. The molecule has 1 aromatic rings. The highest BCUT2D eigenvalue weighted by molar-refractivity contribution is 5.17. The lowest BCUT2D eigenvalue weighted by Crippen LogP contribution is -2.27. The van der Waals surface area contributed by atoms with Crippen molar-refractivity contribution in [1.29, 1.82) is 0 Å². The summed E-state index contributed by atoms with van der Waals surface area (Å²) in [5.41, 5.74) is 1.23. The normalized spacial score (nSPS) is 12.8. The van der Waals surface area contributed by atoms with Gasteiger partial charge in [0.15, 0.2) is 0 Å². The summed E-state index contributed by atoms with van der Waals surface area (Å²) in [5, 5.41) is 3.47. The summed E-state index contributed by atoms with van der Waals surface area (Å²) in [4.78, 5) is 0. The monoisotopic (exact) mass is 265 g/mol. The first-order valence-electron chi connectivity index (χ1n) is 7.10. The Bertz CT molecular complexity index is 314. The highest BCUT2D eigenvalue weighted by Gasteiger charge is 2.11. The van der Waals surface area contributed by atoms with Gasteiger partial charge >= 0.3 is 0 Å². The van der Waals surface area contributed by atoms with Gasteiger partial charge in [0.05, 0.1) is 6.10 Å². The molecule has 3 heteroatoms. The molecule has 19 heavy (non-hydrogen) atoms. The third-order valence-corrected chi connectivity index (χ3v) is 2.87. The van der Waals surface area contributed by atoms with E-state index in [-0.39, 0.29) is 6.10 Å². The van der Waals surface area contributed by atoms with Gasteiger partial charge in [0.25, 0.3) is 0 Å². The van der Waals surface area contributed by atoms with Gasteiger partial charge in [-0.15, -0.1) is 0 Å². The van der Waals surface area contributed by atoms with Crippen LogP contribution in [-0.4, -0.2) is 33.4 Å². The molecule has 0 radical (unpaired) electrons. The Balaban J connectivity index is 2.43. The third-order valence-electron chi connectivity index (χ3n) is 2.87. The first kappa shape index (κ1) is 16.2. The zero-order valence-corrected chi connectivity index (χ0v) is 12.4. The number of hydrogen-bond donors (Lipinski definition) is 1. The first-order valence-corrected chi connectivity index (χ1v) is 7.10. The van der Waals surface area contributed by atoms with Gasteiger partial charge in [-0.3, -0.25) is 0 Å². The SMILES string of the molecule is COCCCOC(CNCC(C)C)c1ccccc1. The largest absolute Gasteiger partial charge is 0.385 e. The van der Waals surface area contributed by atoms with Crippen LogP contribution in [0.15, 0.2) is 30.3 Å². The zero-order valence-electron chi connectivity index (χ0n) is 12.4. The molecule has 0 spiro atoms. The van der Waals surface area contributed by atoms with E-state index in [1.165, 1.54) is 5.56 Å². The van der Waals surface area contributed by atoms with E-state index in [9.17, 15) is 0 Å². The van der Waals surface area contributed by atoms with E-state index < -0.39 is 0 Å². The Morgan fingerprint density at radius 3 is 2.42 bits per heavy atom.